The van der Waals surface area contributed by atoms with E-state index in [4.69, 9.17) is 9.47 Å². The van der Waals surface area contributed by atoms with Crippen LogP contribution in [0.3, 0.4) is 0 Å². The summed E-state index contributed by atoms with van der Waals surface area (Å²) in [5.74, 6) is 1.71. The van der Waals surface area contributed by atoms with Crippen molar-refractivity contribution in [3.8, 4) is 11.5 Å². The van der Waals surface area contributed by atoms with E-state index < -0.39 is 10.0 Å². The van der Waals surface area contributed by atoms with Crippen molar-refractivity contribution in [1.29, 1.82) is 0 Å². The molecule has 10 heteroatoms. The van der Waals surface area contributed by atoms with E-state index in [1.165, 1.54) is 62.9 Å². The number of carbonyl (C=O) groups is 1. The van der Waals surface area contributed by atoms with Crippen molar-refractivity contribution in [2.75, 3.05) is 60.0 Å². The van der Waals surface area contributed by atoms with Gasteiger partial charge in [0.05, 0.1) is 19.1 Å². The van der Waals surface area contributed by atoms with Gasteiger partial charge in [0.2, 0.25) is 10.0 Å². The lowest BCUT2D eigenvalue weighted by molar-refractivity contribution is 0.149. The fourth-order valence-corrected chi connectivity index (χ4v) is 6.78. The molecule has 3 aliphatic rings. The quantitative estimate of drug-likeness (QED) is 0.626. The number of rotatable bonds is 7. The number of ether oxygens (including phenoxy) is 2. The van der Waals surface area contributed by atoms with Gasteiger partial charge in [0.1, 0.15) is 0 Å². The highest BCUT2D eigenvalue weighted by Crippen LogP contribution is 2.31. The number of hydrogen-bond donors (Lipinski definition) is 1. The van der Waals surface area contributed by atoms with Crippen LogP contribution in [0, 0.1) is 5.92 Å². The Labute approximate surface area is 203 Å². The Morgan fingerprint density at radius 1 is 0.941 bits per heavy atom. The number of hydrogen-bond acceptors (Lipinski definition) is 6. The standard InChI is InChI=1S/C24H38N4O5S/c1-32-22-8-7-21(17-23(22)33-2)34(30,31)28-15-13-27(14-16-28)24(29)25-20-9-11-26(12-10-20)18-19-5-3-4-6-19/h7-8,17,19-20H,3-6,9-16,18H2,1-2H3,(H,25,29). The summed E-state index contributed by atoms with van der Waals surface area (Å²) < 4.78 is 38.1. The number of methoxy groups -OCH3 is 2. The highest BCUT2D eigenvalue weighted by Gasteiger charge is 2.32. The molecule has 2 saturated heterocycles. The molecule has 2 aliphatic heterocycles. The zero-order chi connectivity index (χ0) is 24.1. The van der Waals surface area contributed by atoms with Crippen LogP contribution in [0.25, 0.3) is 0 Å². The molecular weight excluding hydrogens is 456 g/mol. The molecule has 2 amide bonds. The lowest BCUT2D eigenvalue weighted by atomic mass is 10.0. The normalized spacial score (nSPS) is 21.5. The summed E-state index contributed by atoms with van der Waals surface area (Å²) in [6.07, 6.45) is 7.44. The average Bonchev–Trinajstić information content (AvgIpc) is 3.38. The molecular formula is C24H38N4O5S. The van der Waals surface area contributed by atoms with E-state index in [0.717, 1.165) is 31.8 Å². The van der Waals surface area contributed by atoms with Crippen molar-refractivity contribution in [3.05, 3.63) is 18.2 Å². The molecule has 3 fully saturated rings. The Hall–Kier alpha value is -2.04. The lowest BCUT2D eigenvalue weighted by Gasteiger charge is -2.37. The van der Waals surface area contributed by atoms with E-state index in [1.807, 2.05) is 0 Å². The summed E-state index contributed by atoms with van der Waals surface area (Å²) in [5, 5.41) is 3.18. The highest BCUT2D eigenvalue weighted by atomic mass is 32.2. The van der Waals surface area contributed by atoms with Crippen LogP contribution in [0.2, 0.25) is 0 Å². The van der Waals surface area contributed by atoms with E-state index in [0.29, 0.717) is 24.6 Å². The third kappa shape index (κ3) is 5.78. The summed E-state index contributed by atoms with van der Waals surface area (Å²) in [5.41, 5.74) is 0. The fourth-order valence-electron chi connectivity index (χ4n) is 5.34. The van der Waals surface area contributed by atoms with Crippen LogP contribution in [-0.2, 0) is 10.0 Å². The summed E-state index contributed by atoms with van der Waals surface area (Å²) in [7, 11) is -0.691. The molecule has 1 saturated carbocycles. The molecule has 1 N–H and O–H groups in total. The molecule has 0 aromatic heterocycles. The van der Waals surface area contributed by atoms with Crippen molar-refractivity contribution >= 4 is 16.1 Å². The number of benzene rings is 1. The van der Waals surface area contributed by atoms with Gasteiger partial charge in [0, 0.05) is 57.9 Å². The Morgan fingerprint density at radius 2 is 1.59 bits per heavy atom. The predicted molar refractivity (Wildman–Crippen MR) is 130 cm³/mol. The first kappa shape index (κ1) is 25.1. The van der Waals surface area contributed by atoms with Crippen molar-refractivity contribution in [2.45, 2.75) is 49.5 Å². The molecule has 34 heavy (non-hydrogen) atoms. The van der Waals surface area contributed by atoms with Crippen LogP contribution in [0.15, 0.2) is 23.1 Å². The van der Waals surface area contributed by atoms with Crippen LogP contribution in [0.1, 0.15) is 38.5 Å². The van der Waals surface area contributed by atoms with E-state index in [1.54, 1.807) is 11.0 Å². The maximum atomic E-state index is 13.1. The maximum Gasteiger partial charge on any atom is 0.317 e. The largest absolute Gasteiger partial charge is 0.493 e. The predicted octanol–water partition coefficient (Wildman–Crippen LogP) is 2.37. The van der Waals surface area contributed by atoms with Gasteiger partial charge in [-0.2, -0.15) is 4.31 Å². The third-order valence-electron chi connectivity index (χ3n) is 7.42. The number of nitrogens with one attached hydrogen (secondary N) is 1. The summed E-state index contributed by atoms with van der Waals surface area (Å²) in [4.78, 5) is 17.2. The number of amides is 2. The molecule has 0 spiro atoms. The van der Waals surface area contributed by atoms with E-state index >= 15 is 0 Å². The van der Waals surface area contributed by atoms with Crippen molar-refractivity contribution in [2.24, 2.45) is 5.92 Å². The zero-order valence-corrected chi connectivity index (χ0v) is 21.2. The molecule has 0 radical (unpaired) electrons. The second kappa shape index (κ2) is 11.1. The van der Waals surface area contributed by atoms with E-state index in [2.05, 4.69) is 10.2 Å². The minimum atomic E-state index is -3.68. The SMILES string of the molecule is COc1ccc(S(=O)(=O)N2CCN(C(=O)NC3CCN(CC4CCCC4)CC3)CC2)cc1OC. The fraction of sp³-hybridized carbons (Fsp3) is 0.708. The number of urea groups is 1. The molecule has 1 aliphatic carbocycles. The maximum absolute atomic E-state index is 13.1. The van der Waals surface area contributed by atoms with Gasteiger partial charge < -0.3 is 24.6 Å². The van der Waals surface area contributed by atoms with Crippen LogP contribution in [0.5, 0.6) is 11.5 Å². The van der Waals surface area contributed by atoms with Crippen molar-refractivity contribution in [3.63, 3.8) is 0 Å². The van der Waals surface area contributed by atoms with Gasteiger partial charge in [-0.1, -0.05) is 12.8 Å². The van der Waals surface area contributed by atoms with Gasteiger partial charge in [-0.05, 0) is 43.7 Å². The topological polar surface area (TPSA) is 91.4 Å². The highest BCUT2D eigenvalue weighted by molar-refractivity contribution is 7.89. The first-order valence-electron chi connectivity index (χ1n) is 12.4. The molecule has 0 unspecified atom stereocenters. The summed E-state index contributed by atoms with van der Waals surface area (Å²) >= 11 is 0. The van der Waals surface area contributed by atoms with Gasteiger partial charge in [-0.15, -0.1) is 0 Å². The molecule has 0 atom stereocenters. The number of sulfonamides is 1. The number of piperazine rings is 1. The molecule has 2 heterocycles. The molecule has 0 bridgehead atoms. The Bertz CT molecular complexity index is 935. The zero-order valence-electron chi connectivity index (χ0n) is 20.4. The lowest BCUT2D eigenvalue weighted by Crippen LogP contribution is -2.55. The smallest absolute Gasteiger partial charge is 0.317 e. The van der Waals surface area contributed by atoms with Crippen LogP contribution in [0.4, 0.5) is 4.79 Å². The van der Waals surface area contributed by atoms with Gasteiger partial charge in [0.15, 0.2) is 11.5 Å². The molecule has 1 aromatic carbocycles. The van der Waals surface area contributed by atoms with Gasteiger partial charge >= 0.3 is 6.03 Å². The minimum absolute atomic E-state index is 0.0857. The van der Waals surface area contributed by atoms with Gasteiger partial charge in [0.25, 0.3) is 0 Å². The van der Waals surface area contributed by atoms with E-state index in [-0.39, 0.29) is 30.1 Å². The molecule has 190 valence electrons. The van der Waals surface area contributed by atoms with Crippen LogP contribution < -0.4 is 14.8 Å². The first-order valence-corrected chi connectivity index (χ1v) is 13.8. The van der Waals surface area contributed by atoms with Crippen LogP contribution in [-0.4, -0.2) is 94.6 Å². The third-order valence-corrected chi connectivity index (χ3v) is 9.32. The van der Waals surface area contributed by atoms with E-state index in [9.17, 15) is 13.2 Å². The molecule has 9 nitrogen and oxygen atoms in total. The van der Waals surface area contributed by atoms with Gasteiger partial charge in [-0.25, -0.2) is 13.2 Å². The Balaban J connectivity index is 1.24. The summed E-state index contributed by atoms with van der Waals surface area (Å²) in [6.45, 7) is 4.57. The first-order chi connectivity index (χ1) is 16.4. The number of carbonyl (C=O) groups excluding carboxylic acids is 1. The van der Waals surface area contributed by atoms with Gasteiger partial charge in [-0.3, -0.25) is 0 Å². The minimum Gasteiger partial charge on any atom is -0.493 e. The monoisotopic (exact) mass is 494 g/mol. The van der Waals surface area contributed by atoms with Crippen molar-refractivity contribution in [1.82, 2.24) is 19.4 Å². The number of piperidine rings is 1. The number of likely N-dealkylation sites (tertiary alicyclic amines) is 1. The van der Waals surface area contributed by atoms with Crippen LogP contribution >= 0.6 is 0 Å². The summed E-state index contributed by atoms with van der Waals surface area (Å²) in [6, 6.07) is 4.70. The Morgan fingerprint density at radius 3 is 2.21 bits per heavy atom. The number of nitrogens with zero attached hydrogens (tertiary/aromatic N) is 3. The molecule has 4 rings (SSSR count). The second-order valence-electron chi connectivity index (χ2n) is 9.58. The van der Waals surface area contributed by atoms with Crippen molar-refractivity contribution < 1.29 is 22.7 Å². The second-order valence-corrected chi connectivity index (χ2v) is 11.5. The Kier molecular flexibility index (Phi) is 8.21. The molecule has 1 aromatic rings. The average molecular weight is 495 g/mol.